The molecule has 0 radical (unpaired) electrons. The van der Waals surface area contributed by atoms with Gasteiger partial charge in [0.15, 0.2) is 0 Å². The molecule has 266 valence electrons. The number of para-hydroxylation sites is 1. The molecular formula is C45H50N4OPt. The first-order chi connectivity index (χ1) is 24.3. The van der Waals surface area contributed by atoms with E-state index in [1.165, 1.54) is 39.8 Å². The zero-order chi connectivity index (χ0) is 34.9. The molecular weight excluding hydrogens is 808 g/mol. The van der Waals surface area contributed by atoms with Crippen LogP contribution in [-0.4, -0.2) is 19.3 Å². The quantitative estimate of drug-likeness (QED) is 0.0963. The van der Waals surface area contributed by atoms with E-state index in [1.807, 2.05) is 12.3 Å². The van der Waals surface area contributed by atoms with Gasteiger partial charge in [0.1, 0.15) is 5.82 Å². The van der Waals surface area contributed by atoms with E-state index in [9.17, 15) is 0 Å². The Hall–Kier alpha value is -3.95. The fraction of sp³-hybridized carbons (Fsp3) is 0.378. The Kier molecular flexibility index (Phi) is 11.4. The first kappa shape index (κ1) is 36.8. The summed E-state index contributed by atoms with van der Waals surface area (Å²) in [6.45, 7) is 15.8. The monoisotopic (exact) mass is 857 g/mol. The zero-order valence-corrected chi connectivity index (χ0v) is 33.4. The summed E-state index contributed by atoms with van der Waals surface area (Å²) in [5.41, 5.74) is 10.8. The number of fused-ring (bicyclic) bond motifs is 3. The molecule has 0 saturated carbocycles. The van der Waals surface area contributed by atoms with E-state index in [4.69, 9.17) is 14.8 Å². The van der Waals surface area contributed by atoms with Crippen LogP contribution >= 0.6 is 0 Å². The number of unbranched alkanes of at least 4 members (excludes halogenated alkanes) is 1. The predicted molar refractivity (Wildman–Crippen MR) is 206 cm³/mol. The Morgan fingerprint density at radius 1 is 0.922 bits per heavy atom. The number of allylic oxidation sites excluding steroid dienone is 2. The molecule has 0 spiro atoms. The smallest absolute Gasteiger partial charge is 0.509 e. The zero-order valence-electron chi connectivity index (χ0n) is 31.1. The SMILES string of the molecule is CCCCc1c(C2C(C)=CCC[C@@H]2C)c(C)nn1-c1[c-]c(Oc2[c-]c3c(cc2)c2ccccc2n3-c2cc(CCC)ccn2)cc(C(C)C)c1.[Pt+2]. The summed E-state index contributed by atoms with van der Waals surface area (Å²) >= 11 is 0. The van der Waals surface area contributed by atoms with Crippen molar-refractivity contribution in [3.05, 3.63) is 119 Å². The van der Waals surface area contributed by atoms with Crippen LogP contribution in [0.1, 0.15) is 114 Å². The Labute approximate surface area is 318 Å². The molecule has 3 aromatic carbocycles. The summed E-state index contributed by atoms with van der Waals surface area (Å²) in [7, 11) is 0. The molecule has 7 rings (SSSR count). The van der Waals surface area contributed by atoms with Gasteiger partial charge in [-0.15, -0.1) is 41.3 Å². The minimum Gasteiger partial charge on any atom is -0.509 e. The van der Waals surface area contributed by atoms with Gasteiger partial charge in [0.05, 0.1) is 5.69 Å². The van der Waals surface area contributed by atoms with Crippen LogP contribution in [0.4, 0.5) is 0 Å². The molecule has 1 aliphatic carbocycles. The first-order valence-electron chi connectivity index (χ1n) is 18.7. The maximum Gasteiger partial charge on any atom is 2.00 e. The molecule has 2 atom stereocenters. The number of pyridine rings is 1. The van der Waals surface area contributed by atoms with Crippen LogP contribution in [-0.2, 0) is 33.9 Å². The molecule has 0 fully saturated rings. The van der Waals surface area contributed by atoms with Gasteiger partial charge in [-0.1, -0.05) is 82.8 Å². The molecule has 3 aromatic heterocycles. The van der Waals surface area contributed by atoms with Gasteiger partial charge < -0.3 is 9.30 Å². The van der Waals surface area contributed by atoms with E-state index in [0.717, 1.165) is 72.1 Å². The number of benzene rings is 3. The molecule has 3 heterocycles. The second-order valence-corrected chi connectivity index (χ2v) is 14.6. The molecule has 0 bridgehead atoms. The summed E-state index contributed by atoms with van der Waals surface area (Å²) in [6.07, 6.45) is 12.1. The van der Waals surface area contributed by atoms with Crippen molar-refractivity contribution < 1.29 is 25.8 Å². The molecule has 0 amide bonds. The minimum atomic E-state index is 0. The average molecular weight is 858 g/mol. The van der Waals surface area contributed by atoms with Gasteiger partial charge in [0.25, 0.3) is 0 Å². The summed E-state index contributed by atoms with van der Waals surface area (Å²) < 4.78 is 11.1. The van der Waals surface area contributed by atoms with E-state index in [0.29, 0.717) is 29.3 Å². The number of aromatic nitrogens is 4. The Morgan fingerprint density at radius 3 is 2.51 bits per heavy atom. The largest absolute Gasteiger partial charge is 2.00 e. The minimum absolute atomic E-state index is 0. The van der Waals surface area contributed by atoms with Gasteiger partial charge in [-0.25, -0.2) is 4.98 Å². The van der Waals surface area contributed by atoms with Crippen molar-refractivity contribution in [2.75, 3.05) is 0 Å². The predicted octanol–water partition coefficient (Wildman–Crippen LogP) is 11.9. The van der Waals surface area contributed by atoms with Gasteiger partial charge in [0.2, 0.25) is 0 Å². The Balaban J connectivity index is 0.00000448. The molecule has 5 nitrogen and oxygen atoms in total. The van der Waals surface area contributed by atoms with Crippen molar-refractivity contribution in [1.29, 1.82) is 0 Å². The second kappa shape index (κ2) is 15.7. The number of ether oxygens (including phenoxy) is 1. The molecule has 6 heteroatoms. The number of rotatable bonds is 11. The second-order valence-electron chi connectivity index (χ2n) is 14.6. The van der Waals surface area contributed by atoms with Crippen LogP contribution in [0.25, 0.3) is 33.3 Å². The summed E-state index contributed by atoms with van der Waals surface area (Å²) in [5.74, 6) is 3.51. The third kappa shape index (κ3) is 7.25. The van der Waals surface area contributed by atoms with Crippen LogP contribution in [0, 0.1) is 25.0 Å². The summed E-state index contributed by atoms with van der Waals surface area (Å²) in [5, 5.41) is 7.54. The van der Waals surface area contributed by atoms with E-state index in [-0.39, 0.29) is 21.1 Å². The van der Waals surface area contributed by atoms with Crippen molar-refractivity contribution in [3.63, 3.8) is 0 Å². The molecule has 6 aromatic rings. The Bertz CT molecular complexity index is 2190. The normalized spacial score (nSPS) is 16.1. The standard InChI is InChI=1S/C45H50N4O.Pt/c1-8-10-18-41-45(44-30(5)15-13-16-31(44)6)32(7)47-49(41)35-25-34(29(3)4)26-37(27-35)50-36-20-21-39-38-17-11-12-19-40(38)48(42(39)28-36)43-24-33(14-9-2)22-23-46-43;/h11-12,15,17,19-26,29,31,44H,8-10,13-14,16,18H2,1-7H3;/q-2;+2/t31-,44?;/m0./s1. The van der Waals surface area contributed by atoms with Gasteiger partial charge in [-0.2, -0.15) is 11.2 Å². The van der Waals surface area contributed by atoms with Crippen LogP contribution in [0.5, 0.6) is 11.5 Å². The summed E-state index contributed by atoms with van der Waals surface area (Å²) in [4.78, 5) is 4.82. The molecule has 0 N–H and O–H groups in total. The van der Waals surface area contributed by atoms with E-state index in [1.54, 1.807) is 0 Å². The van der Waals surface area contributed by atoms with E-state index >= 15 is 0 Å². The maximum atomic E-state index is 6.70. The van der Waals surface area contributed by atoms with E-state index in [2.05, 4.69) is 131 Å². The number of hydrogen-bond donors (Lipinski definition) is 0. The molecule has 0 saturated heterocycles. The van der Waals surface area contributed by atoms with Gasteiger partial charge >= 0.3 is 21.1 Å². The van der Waals surface area contributed by atoms with Gasteiger partial charge in [-0.05, 0) is 92.6 Å². The summed E-state index contributed by atoms with van der Waals surface area (Å²) in [6, 6.07) is 28.7. The van der Waals surface area contributed by atoms with Crippen LogP contribution < -0.4 is 4.74 Å². The van der Waals surface area contributed by atoms with Crippen molar-refractivity contribution in [2.45, 2.75) is 105 Å². The maximum absolute atomic E-state index is 6.70. The molecule has 51 heavy (non-hydrogen) atoms. The van der Waals surface area contributed by atoms with Crippen LogP contribution in [0.3, 0.4) is 0 Å². The van der Waals surface area contributed by atoms with Crippen molar-refractivity contribution >= 4 is 21.8 Å². The number of aryl methyl sites for hydroxylation is 2. The Morgan fingerprint density at radius 2 is 1.75 bits per heavy atom. The first-order valence-corrected chi connectivity index (χ1v) is 18.7. The number of hydrogen-bond acceptors (Lipinski definition) is 3. The average Bonchev–Trinajstić information content (AvgIpc) is 3.61. The topological polar surface area (TPSA) is 44.9 Å². The van der Waals surface area contributed by atoms with E-state index < -0.39 is 0 Å². The third-order valence-corrected chi connectivity index (χ3v) is 10.5. The van der Waals surface area contributed by atoms with Crippen molar-refractivity contribution in [3.8, 4) is 23.0 Å². The van der Waals surface area contributed by atoms with Crippen molar-refractivity contribution in [1.82, 2.24) is 19.3 Å². The molecule has 1 unspecified atom stereocenters. The third-order valence-electron chi connectivity index (χ3n) is 10.5. The van der Waals surface area contributed by atoms with Crippen LogP contribution in [0.15, 0.2) is 78.5 Å². The molecule has 0 aliphatic heterocycles. The molecule has 1 aliphatic rings. The van der Waals surface area contributed by atoms with Gasteiger partial charge in [0, 0.05) is 40.4 Å². The van der Waals surface area contributed by atoms with Gasteiger partial charge in [-0.3, -0.25) is 4.68 Å². The fourth-order valence-corrected chi connectivity index (χ4v) is 7.97. The van der Waals surface area contributed by atoms with Crippen molar-refractivity contribution in [2.24, 2.45) is 5.92 Å². The number of nitrogens with zero attached hydrogens (tertiary/aromatic N) is 4. The fourth-order valence-electron chi connectivity index (χ4n) is 7.97. The van der Waals surface area contributed by atoms with Crippen LogP contribution in [0.2, 0.25) is 0 Å².